The van der Waals surface area contributed by atoms with Crippen molar-refractivity contribution in [1.29, 1.82) is 0 Å². The number of nitrogen functional groups attached to an aromatic ring is 1. The van der Waals surface area contributed by atoms with Crippen LogP contribution in [0.2, 0.25) is 0 Å². The first-order chi connectivity index (χ1) is 9.54. The largest absolute Gasteiger partial charge is 0.399 e. The van der Waals surface area contributed by atoms with Crippen molar-refractivity contribution in [2.75, 3.05) is 12.3 Å². The van der Waals surface area contributed by atoms with Crippen LogP contribution < -0.4 is 11.5 Å². The van der Waals surface area contributed by atoms with Crippen LogP contribution in [0.3, 0.4) is 0 Å². The molecule has 4 heteroatoms. The van der Waals surface area contributed by atoms with E-state index < -0.39 is 0 Å². The number of carbonyl (C=O) groups excluding carboxylic acids is 1. The van der Waals surface area contributed by atoms with Crippen LogP contribution in [-0.2, 0) is 11.3 Å². The molecule has 1 aliphatic carbocycles. The molecule has 4 N–H and O–H groups in total. The third-order valence-corrected chi connectivity index (χ3v) is 4.15. The van der Waals surface area contributed by atoms with Gasteiger partial charge in [0.25, 0.3) is 0 Å². The molecule has 1 aromatic carbocycles. The van der Waals surface area contributed by atoms with Crippen LogP contribution in [0.5, 0.6) is 0 Å². The van der Waals surface area contributed by atoms with Gasteiger partial charge >= 0.3 is 0 Å². The van der Waals surface area contributed by atoms with E-state index in [1.165, 1.54) is 18.4 Å². The third kappa shape index (κ3) is 4.23. The zero-order chi connectivity index (χ0) is 14.5. The highest BCUT2D eigenvalue weighted by atomic mass is 16.1. The van der Waals surface area contributed by atoms with Gasteiger partial charge in [-0.15, -0.1) is 0 Å². The topological polar surface area (TPSA) is 72.3 Å². The predicted octanol–water partition coefficient (Wildman–Crippen LogP) is 2.13. The van der Waals surface area contributed by atoms with Crippen LogP contribution in [0, 0.1) is 5.92 Å². The number of hydrogen-bond acceptors (Lipinski definition) is 3. The molecule has 1 aliphatic rings. The summed E-state index contributed by atoms with van der Waals surface area (Å²) in [6, 6.07) is 8.32. The zero-order valence-corrected chi connectivity index (χ0v) is 12.2. The monoisotopic (exact) mass is 275 g/mol. The molecule has 110 valence electrons. The van der Waals surface area contributed by atoms with Crippen LogP contribution in [-0.4, -0.2) is 23.4 Å². The maximum atomic E-state index is 11.3. The molecule has 0 spiro atoms. The summed E-state index contributed by atoms with van der Waals surface area (Å²) in [6.45, 7) is 3.39. The normalized spacial score (nSPS) is 22.9. The molecule has 2 rings (SSSR count). The molecule has 4 nitrogen and oxygen atoms in total. The Balaban J connectivity index is 2.06. The van der Waals surface area contributed by atoms with Crippen molar-refractivity contribution in [3.05, 3.63) is 29.8 Å². The smallest absolute Gasteiger partial charge is 0.231 e. The minimum atomic E-state index is -0.251. The van der Waals surface area contributed by atoms with Gasteiger partial charge in [-0.3, -0.25) is 9.69 Å². The molecule has 0 bridgehead atoms. The Bertz CT molecular complexity index is 444. The summed E-state index contributed by atoms with van der Waals surface area (Å²) in [5.41, 5.74) is 13.1. The Labute approximate surface area is 121 Å². The lowest BCUT2D eigenvalue weighted by Gasteiger charge is -2.36. The number of amides is 1. The van der Waals surface area contributed by atoms with Gasteiger partial charge in [-0.25, -0.2) is 0 Å². The number of rotatable bonds is 5. The van der Waals surface area contributed by atoms with Gasteiger partial charge in [-0.1, -0.05) is 31.9 Å². The van der Waals surface area contributed by atoms with Crippen molar-refractivity contribution in [1.82, 2.24) is 4.90 Å². The number of primary amides is 1. The molecule has 0 radical (unpaired) electrons. The average molecular weight is 275 g/mol. The second-order valence-electron chi connectivity index (χ2n) is 6.04. The first-order valence-corrected chi connectivity index (χ1v) is 7.41. The SMILES string of the molecule is CC1CCCC(N(CC(N)=O)Cc2ccc(N)cc2)C1. The second-order valence-corrected chi connectivity index (χ2v) is 6.04. The second kappa shape index (κ2) is 6.75. The van der Waals surface area contributed by atoms with Crippen LogP contribution >= 0.6 is 0 Å². The molecule has 1 saturated carbocycles. The zero-order valence-electron chi connectivity index (χ0n) is 12.2. The molecular formula is C16H25N3O. The number of carbonyl (C=O) groups is 1. The van der Waals surface area contributed by atoms with Crippen LogP contribution in [0.4, 0.5) is 5.69 Å². The van der Waals surface area contributed by atoms with Gasteiger partial charge in [-0.2, -0.15) is 0 Å². The third-order valence-electron chi connectivity index (χ3n) is 4.15. The lowest BCUT2D eigenvalue weighted by Crippen LogP contribution is -2.42. The number of anilines is 1. The summed E-state index contributed by atoms with van der Waals surface area (Å²) in [5, 5.41) is 0. The first-order valence-electron chi connectivity index (χ1n) is 7.41. The van der Waals surface area contributed by atoms with E-state index in [4.69, 9.17) is 11.5 Å². The number of nitrogens with zero attached hydrogens (tertiary/aromatic N) is 1. The Kier molecular flexibility index (Phi) is 5.01. The number of benzene rings is 1. The van der Waals surface area contributed by atoms with E-state index in [-0.39, 0.29) is 5.91 Å². The van der Waals surface area contributed by atoms with Gasteiger partial charge in [0.05, 0.1) is 6.54 Å². The fourth-order valence-corrected chi connectivity index (χ4v) is 3.11. The summed E-state index contributed by atoms with van der Waals surface area (Å²) >= 11 is 0. The maximum Gasteiger partial charge on any atom is 0.231 e. The molecule has 1 amide bonds. The van der Waals surface area contributed by atoms with Crippen molar-refractivity contribution >= 4 is 11.6 Å². The molecule has 0 aliphatic heterocycles. The highest BCUT2D eigenvalue weighted by Gasteiger charge is 2.25. The van der Waals surface area contributed by atoms with E-state index in [9.17, 15) is 4.79 Å². The Morgan fingerprint density at radius 2 is 2.00 bits per heavy atom. The fraction of sp³-hybridized carbons (Fsp3) is 0.562. The van der Waals surface area contributed by atoms with E-state index in [0.717, 1.165) is 31.0 Å². The Morgan fingerprint density at radius 1 is 1.30 bits per heavy atom. The van der Waals surface area contributed by atoms with Crippen LogP contribution in [0.25, 0.3) is 0 Å². The van der Waals surface area contributed by atoms with Crippen LogP contribution in [0.1, 0.15) is 38.2 Å². The molecule has 1 fully saturated rings. The highest BCUT2D eigenvalue weighted by molar-refractivity contribution is 5.76. The van der Waals surface area contributed by atoms with Crippen molar-refractivity contribution < 1.29 is 4.79 Å². The van der Waals surface area contributed by atoms with E-state index >= 15 is 0 Å². The molecule has 0 saturated heterocycles. The summed E-state index contributed by atoms with van der Waals surface area (Å²) in [5.74, 6) is 0.481. The van der Waals surface area contributed by atoms with Gasteiger partial charge in [0, 0.05) is 18.3 Å². The molecule has 0 aromatic heterocycles. The quantitative estimate of drug-likeness (QED) is 0.809. The number of hydrogen-bond donors (Lipinski definition) is 2. The van der Waals surface area contributed by atoms with Crippen molar-refractivity contribution in [3.63, 3.8) is 0 Å². The van der Waals surface area contributed by atoms with Gasteiger partial charge in [0.1, 0.15) is 0 Å². The Morgan fingerprint density at radius 3 is 2.60 bits per heavy atom. The van der Waals surface area contributed by atoms with Gasteiger partial charge in [0.2, 0.25) is 5.91 Å². The average Bonchev–Trinajstić information content (AvgIpc) is 2.40. The van der Waals surface area contributed by atoms with E-state index in [1.54, 1.807) is 0 Å². The standard InChI is InChI=1S/C16H25N3O/c1-12-3-2-4-15(9-12)19(11-16(18)20)10-13-5-7-14(17)8-6-13/h5-8,12,15H,2-4,9-11,17H2,1H3,(H2,18,20). The Hall–Kier alpha value is -1.55. The molecular weight excluding hydrogens is 250 g/mol. The molecule has 2 atom stereocenters. The van der Waals surface area contributed by atoms with Crippen LogP contribution in [0.15, 0.2) is 24.3 Å². The van der Waals surface area contributed by atoms with E-state index in [2.05, 4.69) is 11.8 Å². The summed E-state index contributed by atoms with van der Waals surface area (Å²) < 4.78 is 0. The summed E-state index contributed by atoms with van der Waals surface area (Å²) in [4.78, 5) is 13.6. The molecule has 1 aromatic rings. The lowest BCUT2D eigenvalue weighted by molar-refractivity contribution is -0.120. The lowest BCUT2D eigenvalue weighted by atomic mass is 9.86. The van der Waals surface area contributed by atoms with E-state index in [0.29, 0.717) is 12.6 Å². The molecule has 20 heavy (non-hydrogen) atoms. The van der Waals surface area contributed by atoms with E-state index in [1.807, 2.05) is 24.3 Å². The predicted molar refractivity (Wildman–Crippen MR) is 81.9 cm³/mol. The number of nitrogens with two attached hydrogens (primary N) is 2. The minimum Gasteiger partial charge on any atom is -0.399 e. The first kappa shape index (κ1) is 14.9. The maximum absolute atomic E-state index is 11.3. The van der Waals surface area contributed by atoms with Crippen molar-refractivity contribution in [2.24, 2.45) is 11.7 Å². The van der Waals surface area contributed by atoms with Crippen molar-refractivity contribution in [2.45, 2.75) is 45.2 Å². The summed E-state index contributed by atoms with van der Waals surface area (Å²) in [7, 11) is 0. The van der Waals surface area contributed by atoms with Gasteiger partial charge in [0.15, 0.2) is 0 Å². The molecule has 0 heterocycles. The van der Waals surface area contributed by atoms with Gasteiger partial charge in [-0.05, 0) is 36.5 Å². The summed E-state index contributed by atoms with van der Waals surface area (Å²) in [6.07, 6.45) is 4.85. The van der Waals surface area contributed by atoms with Gasteiger partial charge < -0.3 is 11.5 Å². The molecule has 2 unspecified atom stereocenters. The highest BCUT2D eigenvalue weighted by Crippen LogP contribution is 2.28. The fourth-order valence-electron chi connectivity index (χ4n) is 3.11. The minimum absolute atomic E-state index is 0.251. The van der Waals surface area contributed by atoms with Crippen molar-refractivity contribution in [3.8, 4) is 0 Å².